The fourth-order valence-corrected chi connectivity index (χ4v) is 4.24. The minimum absolute atomic E-state index is 0.189. The fourth-order valence-electron chi connectivity index (χ4n) is 4.07. The van der Waals surface area contributed by atoms with E-state index in [1.54, 1.807) is 40.7 Å². The maximum atomic E-state index is 13.3. The average Bonchev–Trinajstić information content (AvgIpc) is 3.11. The minimum atomic E-state index is -0.575. The zero-order valence-corrected chi connectivity index (χ0v) is 19.4. The number of benzene rings is 2. The number of halogens is 1. The molecule has 0 atom stereocenters. The molecular formula is C25H20ClN5O3. The van der Waals surface area contributed by atoms with Crippen LogP contribution in [-0.4, -0.2) is 32.3 Å². The van der Waals surface area contributed by atoms with Crippen LogP contribution in [0.15, 0.2) is 65.8 Å². The first-order chi connectivity index (χ1) is 16.4. The minimum Gasteiger partial charge on any atom is -0.453 e. The largest absolute Gasteiger partial charge is 0.453 e. The van der Waals surface area contributed by atoms with Crippen molar-refractivity contribution in [2.24, 2.45) is 7.05 Å². The number of aromatic nitrogens is 4. The monoisotopic (exact) mass is 473 g/mol. The molecular weight excluding hydrogens is 454 g/mol. The normalized spacial score (nSPS) is 11.2. The van der Waals surface area contributed by atoms with Crippen molar-refractivity contribution in [2.75, 3.05) is 12.4 Å². The Bertz CT molecular complexity index is 1650. The Labute approximate surface area is 199 Å². The molecule has 2 aromatic carbocycles. The van der Waals surface area contributed by atoms with Gasteiger partial charge in [0.05, 0.1) is 47.4 Å². The van der Waals surface area contributed by atoms with Gasteiger partial charge in [0.25, 0.3) is 0 Å². The lowest BCUT2D eigenvalue weighted by atomic mass is 10.0. The summed E-state index contributed by atoms with van der Waals surface area (Å²) in [7, 11) is 3.03. The number of ether oxygens (including phenoxy) is 1. The lowest BCUT2D eigenvalue weighted by molar-refractivity contribution is 0.187. The molecule has 5 rings (SSSR count). The smallest absolute Gasteiger partial charge is 0.411 e. The van der Waals surface area contributed by atoms with Crippen LogP contribution in [0.3, 0.4) is 0 Å². The number of imidazole rings is 1. The number of rotatable bonds is 3. The summed E-state index contributed by atoms with van der Waals surface area (Å²) in [4.78, 5) is 33.7. The number of nitrogens with zero attached hydrogens (tertiary/aromatic N) is 4. The summed E-state index contributed by atoms with van der Waals surface area (Å²) in [6, 6.07) is 13.1. The van der Waals surface area contributed by atoms with Gasteiger partial charge in [0.1, 0.15) is 0 Å². The van der Waals surface area contributed by atoms with Crippen LogP contribution in [0.25, 0.3) is 38.8 Å². The van der Waals surface area contributed by atoms with Crippen LogP contribution in [0.2, 0.25) is 5.02 Å². The molecule has 0 fully saturated rings. The molecule has 0 saturated heterocycles. The van der Waals surface area contributed by atoms with Crippen molar-refractivity contribution in [2.45, 2.75) is 6.92 Å². The molecule has 0 aliphatic rings. The van der Waals surface area contributed by atoms with Gasteiger partial charge in [-0.05, 0) is 48.4 Å². The lowest BCUT2D eigenvalue weighted by Crippen LogP contribution is -2.21. The third kappa shape index (κ3) is 3.48. The maximum Gasteiger partial charge on any atom is 0.411 e. The molecule has 0 unspecified atom stereocenters. The second kappa shape index (κ2) is 8.31. The van der Waals surface area contributed by atoms with Gasteiger partial charge in [-0.1, -0.05) is 23.7 Å². The van der Waals surface area contributed by atoms with E-state index >= 15 is 0 Å². The predicted molar refractivity (Wildman–Crippen MR) is 133 cm³/mol. The van der Waals surface area contributed by atoms with Crippen LogP contribution in [-0.2, 0) is 11.8 Å². The standard InChI is InChI=1S/C25H20ClN5O3/c1-14-19(26)5-4-6-21(14)31-23-18-10-15(16-9-17(12-27-11-16)29-24(32)34-3)7-8-20(18)28-13-22(23)30(2)25(31)33/h4-13H,1-3H3,(H,29,32). The molecule has 0 aliphatic heterocycles. The molecule has 3 heterocycles. The number of aryl methyl sites for hydroxylation is 1. The SMILES string of the molecule is COC(=O)Nc1cncc(-c2ccc3ncc4c(c3c2)n(-c2cccc(Cl)c2C)c(=O)n4C)c1. The first-order valence-corrected chi connectivity index (χ1v) is 10.8. The average molecular weight is 474 g/mol. The van der Waals surface area contributed by atoms with Gasteiger partial charge in [-0.25, -0.2) is 9.59 Å². The highest BCUT2D eigenvalue weighted by Gasteiger charge is 2.18. The van der Waals surface area contributed by atoms with Crippen LogP contribution < -0.4 is 11.0 Å². The Balaban J connectivity index is 1.78. The van der Waals surface area contributed by atoms with Crippen LogP contribution in [0.1, 0.15) is 5.56 Å². The first-order valence-electron chi connectivity index (χ1n) is 10.4. The molecule has 5 aromatic rings. The number of nitrogens with one attached hydrogen (secondary N) is 1. The van der Waals surface area contributed by atoms with Gasteiger partial charge >= 0.3 is 11.8 Å². The Kier molecular flexibility index (Phi) is 5.30. The first kappa shape index (κ1) is 21.7. The zero-order valence-electron chi connectivity index (χ0n) is 18.7. The maximum absolute atomic E-state index is 13.3. The van der Waals surface area contributed by atoms with E-state index in [2.05, 4.69) is 20.0 Å². The second-order valence-corrected chi connectivity index (χ2v) is 8.27. The van der Waals surface area contributed by atoms with Crippen molar-refractivity contribution in [1.29, 1.82) is 0 Å². The van der Waals surface area contributed by atoms with Crippen molar-refractivity contribution in [3.05, 3.63) is 82.1 Å². The highest BCUT2D eigenvalue weighted by Crippen LogP contribution is 2.31. The van der Waals surface area contributed by atoms with Crippen molar-refractivity contribution in [1.82, 2.24) is 19.1 Å². The number of amides is 1. The summed E-state index contributed by atoms with van der Waals surface area (Å²) in [5, 5.41) is 4.01. The number of methoxy groups -OCH3 is 1. The number of hydrogen-bond donors (Lipinski definition) is 1. The number of carbonyl (C=O) groups excluding carboxylic acids is 1. The molecule has 8 nitrogen and oxygen atoms in total. The summed E-state index contributed by atoms with van der Waals surface area (Å²) < 4.78 is 7.92. The molecule has 170 valence electrons. The number of fused-ring (bicyclic) bond motifs is 3. The Hall–Kier alpha value is -4.17. The Morgan fingerprint density at radius 1 is 1.09 bits per heavy atom. The van der Waals surface area contributed by atoms with Crippen LogP contribution in [0.5, 0.6) is 0 Å². The molecule has 3 aromatic heterocycles. The van der Waals surface area contributed by atoms with Crippen LogP contribution >= 0.6 is 11.6 Å². The number of hydrogen-bond acceptors (Lipinski definition) is 5. The third-order valence-electron chi connectivity index (χ3n) is 5.87. The topological polar surface area (TPSA) is 91.0 Å². The molecule has 0 aliphatic carbocycles. The molecule has 34 heavy (non-hydrogen) atoms. The van der Waals surface area contributed by atoms with Gasteiger partial charge in [0, 0.05) is 29.2 Å². The van der Waals surface area contributed by atoms with Crippen LogP contribution in [0, 0.1) is 6.92 Å². The van der Waals surface area contributed by atoms with Gasteiger partial charge < -0.3 is 4.74 Å². The van der Waals surface area contributed by atoms with Crippen LogP contribution in [0.4, 0.5) is 10.5 Å². The molecule has 0 saturated carbocycles. The lowest BCUT2D eigenvalue weighted by Gasteiger charge is -2.11. The summed E-state index contributed by atoms with van der Waals surface area (Å²) in [6.07, 6.45) is 4.37. The van der Waals surface area contributed by atoms with E-state index in [1.807, 2.05) is 37.3 Å². The van der Waals surface area contributed by atoms with Gasteiger partial charge in [-0.2, -0.15) is 0 Å². The van der Waals surface area contributed by atoms with Crippen molar-refractivity contribution >= 4 is 45.3 Å². The van der Waals surface area contributed by atoms with Gasteiger partial charge in [-0.15, -0.1) is 0 Å². The highest BCUT2D eigenvalue weighted by molar-refractivity contribution is 6.31. The molecule has 1 amide bonds. The summed E-state index contributed by atoms with van der Waals surface area (Å²) in [5.74, 6) is 0. The summed E-state index contributed by atoms with van der Waals surface area (Å²) >= 11 is 6.38. The van der Waals surface area contributed by atoms with Crippen molar-refractivity contribution in [3.8, 4) is 16.8 Å². The third-order valence-corrected chi connectivity index (χ3v) is 6.28. The molecule has 0 spiro atoms. The molecule has 1 N–H and O–H groups in total. The van der Waals surface area contributed by atoms with Gasteiger partial charge in [0.2, 0.25) is 0 Å². The molecule has 0 radical (unpaired) electrons. The Morgan fingerprint density at radius 3 is 2.71 bits per heavy atom. The van der Waals surface area contributed by atoms with E-state index in [0.717, 1.165) is 33.1 Å². The van der Waals surface area contributed by atoms with E-state index < -0.39 is 6.09 Å². The molecule has 0 bridgehead atoms. The molecule has 9 heteroatoms. The summed E-state index contributed by atoms with van der Waals surface area (Å²) in [5.41, 5.74) is 5.67. The Morgan fingerprint density at radius 2 is 1.91 bits per heavy atom. The zero-order chi connectivity index (χ0) is 24.0. The summed E-state index contributed by atoms with van der Waals surface area (Å²) in [6.45, 7) is 1.89. The highest BCUT2D eigenvalue weighted by atomic mass is 35.5. The van der Waals surface area contributed by atoms with Crippen molar-refractivity contribution in [3.63, 3.8) is 0 Å². The predicted octanol–water partition coefficient (Wildman–Crippen LogP) is 5.08. The van der Waals surface area contributed by atoms with E-state index in [9.17, 15) is 9.59 Å². The number of carbonyl (C=O) groups is 1. The number of anilines is 1. The number of pyridine rings is 2. The van der Waals surface area contributed by atoms with E-state index in [-0.39, 0.29) is 5.69 Å². The van der Waals surface area contributed by atoms with E-state index in [0.29, 0.717) is 21.9 Å². The second-order valence-electron chi connectivity index (χ2n) is 7.86. The fraction of sp³-hybridized carbons (Fsp3) is 0.120. The van der Waals surface area contributed by atoms with Gasteiger partial charge in [0.15, 0.2) is 0 Å². The van der Waals surface area contributed by atoms with Crippen molar-refractivity contribution < 1.29 is 9.53 Å². The van der Waals surface area contributed by atoms with E-state index in [1.165, 1.54) is 13.3 Å². The van der Waals surface area contributed by atoms with E-state index in [4.69, 9.17) is 11.6 Å². The van der Waals surface area contributed by atoms with Gasteiger partial charge in [-0.3, -0.25) is 24.4 Å². The quantitative estimate of drug-likeness (QED) is 0.394.